The Morgan fingerprint density at radius 1 is 1.42 bits per heavy atom. The summed E-state index contributed by atoms with van der Waals surface area (Å²) in [5, 5.41) is 3.10. The Hall–Kier alpha value is -1.75. The van der Waals surface area contributed by atoms with E-state index in [4.69, 9.17) is 17.3 Å². The van der Waals surface area contributed by atoms with Gasteiger partial charge in [0.2, 0.25) is 11.8 Å². The molecule has 3 N–H and O–H groups in total. The van der Waals surface area contributed by atoms with Crippen molar-refractivity contribution in [3.63, 3.8) is 0 Å². The number of piperidine rings is 1. The fraction of sp³-hybridized carbons (Fsp3) is 0.385. The van der Waals surface area contributed by atoms with E-state index in [0.29, 0.717) is 29.4 Å². The molecule has 1 saturated heterocycles. The highest BCUT2D eigenvalue weighted by Crippen LogP contribution is 2.24. The molecule has 0 radical (unpaired) electrons. The molecule has 0 aromatic heterocycles. The lowest BCUT2D eigenvalue weighted by molar-refractivity contribution is -0.136. The summed E-state index contributed by atoms with van der Waals surface area (Å²) in [6.45, 7) is 0.695. The van der Waals surface area contributed by atoms with Gasteiger partial charge in [-0.3, -0.25) is 9.59 Å². The number of nitrogens with zero attached hydrogens (tertiary/aromatic N) is 1. The summed E-state index contributed by atoms with van der Waals surface area (Å²) in [6, 6.07) is 4.88. The van der Waals surface area contributed by atoms with Gasteiger partial charge in [-0.05, 0) is 31.0 Å². The highest BCUT2D eigenvalue weighted by atomic mass is 35.5. The molecule has 6 heteroatoms. The van der Waals surface area contributed by atoms with Gasteiger partial charge >= 0.3 is 0 Å². The van der Waals surface area contributed by atoms with Crippen molar-refractivity contribution in [2.75, 3.05) is 24.1 Å². The number of amides is 2. The molecule has 5 nitrogen and oxygen atoms in total. The number of nitrogens with one attached hydrogen (secondary N) is 1. The number of hydrogen-bond donors (Lipinski definition) is 2. The van der Waals surface area contributed by atoms with Crippen LogP contribution in [0.25, 0.3) is 0 Å². The number of hydrogen-bond acceptors (Lipinski definition) is 3. The first-order valence-electron chi connectivity index (χ1n) is 6.19. The van der Waals surface area contributed by atoms with Crippen LogP contribution in [0, 0.1) is 0 Å². The zero-order valence-corrected chi connectivity index (χ0v) is 11.2. The zero-order chi connectivity index (χ0) is 13.8. The molecule has 0 atom stereocenters. The van der Waals surface area contributed by atoms with Crippen LogP contribution >= 0.6 is 11.6 Å². The molecule has 1 aliphatic rings. The lowest BCUT2D eigenvalue weighted by Gasteiger charge is -2.26. The standard InChI is InChI=1S/C13H16ClN3O2/c14-10-5-4-9(15)7-11(10)16-12(18)8-17-6-2-1-3-13(17)19/h4-5,7H,1-3,6,8,15H2,(H,16,18). The van der Waals surface area contributed by atoms with Crippen LogP contribution in [-0.4, -0.2) is 29.8 Å². The number of benzene rings is 1. The Morgan fingerprint density at radius 2 is 2.21 bits per heavy atom. The van der Waals surface area contributed by atoms with Gasteiger partial charge in [0.25, 0.3) is 0 Å². The van der Waals surface area contributed by atoms with E-state index in [1.807, 2.05) is 0 Å². The van der Waals surface area contributed by atoms with Crippen LogP contribution in [-0.2, 0) is 9.59 Å². The number of carbonyl (C=O) groups is 2. The summed E-state index contributed by atoms with van der Waals surface area (Å²) in [6.07, 6.45) is 2.36. The summed E-state index contributed by atoms with van der Waals surface area (Å²) in [4.78, 5) is 25.1. The van der Waals surface area contributed by atoms with Crippen molar-refractivity contribution in [2.24, 2.45) is 0 Å². The van der Waals surface area contributed by atoms with Crippen LogP contribution in [0.15, 0.2) is 18.2 Å². The maximum absolute atomic E-state index is 11.9. The van der Waals surface area contributed by atoms with Crippen LogP contribution in [0.4, 0.5) is 11.4 Å². The molecule has 0 bridgehead atoms. The zero-order valence-electron chi connectivity index (χ0n) is 10.5. The predicted molar refractivity (Wildman–Crippen MR) is 74.9 cm³/mol. The molecule has 2 rings (SSSR count). The third-order valence-electron chi connectivity index (χ3n) is 3.02. The van der Waals surface area contributed by atoms with Gasteiger partial charge in [0.15, 0.2) is 0 Å². The number of halogens is 1. The second-order valence-corrected chi connectivity index (χ2v) is 4.97. The van der Waals surface area contributed by atoms with Gasteiger partial charge in [0.05, 0.1) is 17.3 Å². The molecule has 2 amide bonds. The monoisotopic (exact) mass is 281 g/mol. The molecule has 1 fully saturated rings. The van der Waals surface area contributed by atoms with Gasteiger partial charge in [-0.15, -0.1) is 0 Å². The first kappa shape index (κ1) is 13.7. The van der Waals surface area contributed by atoms with Crippen molar-refractivity contribution < 1.29 is 9.59 Å². The van der Waals surface area contributed by atoms with Crippen molar-refractivity contribution in [3.8, 4) is 0 Å². The van der Waals surface area contributed by atoms with Crippen molar-refractivity contribution in [1.82, 2.24) is 4.90 Å². The molecule has 1 aliphatic heterocycles. The second kappa shape index (κ2) is 5.93. The lowest BCUT2D eigenvalue weighted by atomic mass is 10.1. The Morgan fingerprint density at radius 3 is 2.95 bits per heavy atom. The minimum absolute atomic E-state index is 0.0278. The van der Waals surface area contributed by atoms with E-state index in [-0.39, 0.29) is 18.4 Å². The molecule has 1 aromatic rings. The van der Waals surface area contributed by atoms with Crippen molar-refractivity contribution in [2.45, 2.75) is 19.3 Å². The molecule has 0 aliphatic carbocycles. The van der Waals surface area contributed by atoms with Gasteiger partial charge < -0.3 is 16.0 Å². The maximum atomic E-state index is 11.9. The average Bonchev–Trinajstić information content (AvgIpc) is 2.37. The average molecular weight is 282 g/mol. The normalized spacial score (nSPS) is 15.4. The third kappa shape index (κ3) is 3.61. The second-order valence-electron chi connectivity index (χ2n) is 4.56. The number of carbonyl (C=O) groups excluding carboxylic acids is 2. The lowest BCUT2D eigenvalue weighted by Crippen LogP contribution is -2.40. The molecule has 1 aromatic carbocycles. The quantitative estimate of drug-likeness (QED) is 0.831. The van der Waals surface area contributed by atoms with Crippen LogP contribution in [0.3, 0.4) is 0 Å². The number of likely N-dealkylation sites (tertiary alicyclic amines) is 1. The Kier molecular flexibility index (Phi) is 4.27. The molecule has 0 saturated carbocycles. The first-order valence-corrected chi connectivity index (χ1v) is 6.57. The van der Waals surface area contributed by atoms with Crippen molar-refractivity contribution in [3.05, 3.63) is 23.2 Å². The largest absolute Gasteiger partial charge is 0.399 e. The maximum Gasteiger partial charge on any atom is 0.244 e. The van der Waals surface area contributed by atoms with Crippen LogP contribution in [0.2, 0.25) is 5.02 Å². The molecule has 0 unspecified atom stereocenters. The summed E-state index contributed by atoms with van der Waals surface area (Å²) in [5.41, 5.74) is 6.63. The van der Waals surface area contributed by atoms with E-state index >= 15 is 0 Å². The smallest absolute Gasteiger partial charge is 0.244 e. The topological polar surface area (TPSA) is 75.4 Å². The van der Waals surface area contributed by atoms with Gasteiger partial charge in [-0.2, -0.15) is 0 Å². The predicted octanol–water partition coefficient (Wildman–Crippen LogP) is 1.87. The van der Waals surface area contributed by atoms with Crippen LogP contribution < -0.4 is 11.1 Å². The van der Waals surface area contributed by atoms with Crippen LogP contribution in [0.5, 0.6) is 0 Å². The van der Waals surface area contributed by atoms with Gasteiger partial charge in [-0.25, -0.2) is 0 Å². The van der Waals surface area contributed by atoms with Gasteiger partial charge in [0.1, 0.15) is 0 Å². The van der Waals surface area contributed by atoms with E-state index in [1.54, 1.807) is 23.1 Å². The van der Waals surface area contributed by atoms with Gasteiger partial charge in [-0.1, -0.05) is 11.6 Å². The molecule has 102 valence electrons. The Balaban J connectivity index is 1.97. The number of nitrogen functional groups attached to an aromatic ring is 1. The summed E-state index contributed by atoms with van der Waals surface area (Å²) >= 11 is 5.96. The number of nitrogens with two attached hydrogens (primary N) is 1. The van der Waals surface area contributed by atoms with Crippen molar-refractivity contribution in [1.29, 1.82) is 0 Å². The Bertz CT molecular complexity index is 505. The van der Waals surface area contributed by atoms with E-state index < -0.39 is 0 Å². The fourth-order valence-corrected chi connectivity index (χ4v) is 2.20. The first-order chi connectivity index (χ1) is 9.06. The highest BCUT2D eigenvalue weighted by Gasteiger charge is 2.20. The van der Waals surface area contributed by atoms with E-state index in [2.05, 4.69) is 5.32 Å². The minimum Gasteiger partial charge on any atom is -0.399 e. The molecule has 0 spiro atoms. The highest BCUT2D eigenvalue weighted by molar-refractivity contribution is 6.33. The molecular formula is C13H16ClN3O2. The molecule has 1 heterocycles. The van der Waals surface area contributed by atoms with Crippen LogP contribution in [0.1, 0.15) is 19.3 Å². The SMILES string of the molecule is Nc1ccc(Cl)c(NC(=O)CN2CCCCC2=O)c1. The van der Waals surface area contributed by atoms with E-state index in [9.17, 15) is 9.59 Å². The summed E-state index contributed by atoms with van der Waals surface area (Å²) in [7, 11) is 0. The van der Waals surface area contributed by atoms with Gasteiger partial charge in [0, 0.05) is 18.7 Å². The number of rotatable bonds is 3. The van der Waals surface area contributed by atoms with Crippen molar-refractivity contribution >= 4 is 34.8 Å². The fourth-order valence-electron chi connectivity index (χ4n) is 2.03. The minimum atomic E-state index is -0.261. The molecule has 19 heavy (non-hydrogen) atoms. The summed E-state index contributed by atoms with van der Waals surface area (Å²) in [5.74, 6) is -0.233. The Labute approximate surface area is 116 Å². The molecular weight excluding hydrogens is 266 g/mol. The summed E-state index contributed by atoms with van der Waals surface area (Å²) < 4.78 is 0. The number of anilines is 2. The van der Waals surface area contributed by atoms with E-state index in [1.165, 1.54) is 0 Å². The van der Waals surface area contributed by atoms with E-state index in [0.717, 1.165) is 12.8 Å². The third-order valence-corrected chi connectivity index (χ3v) is 3.35.